The van der Waals surface area contributed by atoms with Gasteiger partial charge >= 0.3 is 0 Å². The molecule has 0 aromatic carbocycles. The van der Waals surface area contributed by atoms with Crippen molar-refractivity contribution in [1.82, 2.24) is 19.5 Å². The van der Waals surface area contributed by atoms with Crippen LogP contribution in [-0.4, -0.2) is 64.6 Å². The van der Waals surface area contributed by atoms with E-state index in [9.17, 15) is 0 Å². The molecule has 1 fully saturated rings. The summed E-state index contributed by atoms with van der Waals surface area (Å²) in [5.41, 5.74) is 2.39. The zero-order chi connectivity index (χ0) is 15.2. The number of likely N-dealkylation sites (N-methyl/N-ethyl adjacent to an activating group) is 1. The summed E-state index contributed by atoms with van der Waals surface area (Å²) in [5.74, 6) is 1.00. The van der Waals surface area contributed by atoms with E-state index < -0.39 is 0 Å². The van der Waals surface area contributed by atoms with Crippen molar-refractivity contribution >= 4 is 12.3 Å². The van der Waals surface area contributed by atoms with Crippen LogP contribution in [0.1, 0.15) is 32.2 Å². The predicted molar refractivity (Wildman–Crippen MR) is 85.9 cm³/mol. The van der Waals surface area contributed by atoms with Gasteiger partial charge in [-0.15, -0.1) is 0 Å². The number of aromatic nitrogens is 2. The number of hydrogen-bond acceptors (Lipinski definition) is 5. The average molecular weight is 290 g/mol. The summed E-state index contributed by atoms with van der Waals surface area (Å²) in [6.07, 6.45) is 1.95. The highest BCUT2D eigenvalue weighted by atomic mass is 15.5. The van der Waals surface area contributed by atoms with E-state index in [1.54, 1.807) is 0 Å². The molecule has 2 aliphatic rings. The smallest absolute Gasteiger partial charge is 0.227 e. The quantitative estimate of drug-likeness (QED) is 0.783. The van der Waals surface area contributed by atoms with Crippen molar-refractivity contribution in [3.05, 3.63) is 11.4 Å². The van der Waals surface area contributed by atoms with Gasteiger partial charge in [0, 0.05) is 31.7 Å². The summed E-state index contributed by atoms with van der Waals surface area (Å²) in [4.78, 5) is 11.8. The number of hydrogen-bond donors (Lipinski definition) is 0. The maximum atomic E-state index is 4.79. The minimum Gasteiger partial charge on any atom is -0.350 e. The van der Waals surface area contributed by atoms with Crippen LogP contribution in [0.15, 0.2) is 5.10 Å². The molecule has 6 nitrogen and oxygen atoms in total. The summed E-state index contributed by atoms with van der Waals surface area (Å²) in [5, 5.41) is 4.66. The first-order valence-corrected chi connectivity index (χ1v) is 7.69. The molecule has 3 rings (SSSR count). The fourth-order valence-corrected chi connectivity index (χ4v) is 2.78. The lowest BCUT2D eigenvalue weighted by molar-refractivity contribution is 0.224. The van der Waals surface area contributed by atoms with E-state index in [1.165, 1.54) is 5.69 Å². The standard InChI is InChI=1S/C15H26N6/c1-12-13-10-20(15(2,3)4)11-16-21(13)14(17-12)19-8-6-18(5)7-9-19/h11H,6-10H2,1-5H3. The molecule has 0 bridgehead atoms. The van der Waals surface area contributed by atoms with Crippen LogP contribution >= 0.6 is 0 Å². The first kappa shape index (κ1) is 14.4. The Morgan fingerprint density at radius 1 is 1.10 bits per heavy atom. The number of nitrogens with zero attached hydrogens (tertiary/aromatic N) is 6. The molecule has 2 aliphatic heterocycles. The largest absolute Gasteiger partial charge is 0.350 e. The van der Waals surface area contributed by atoms with Crippen LogP contribution in [0, 0.1) is 6.92 Å². The fraction of sp³-hybridized carbons (Fsp3) is 0.733. The van der Waals surface area contributed by atoms with Crippen molar-refractivity contribution in [3.8, 4) is 0 Å². The lowest BCUT2D eigenvalue weighted by Crippen LogP contribution is -2.46. The summed E-state index contributed by atoms with van der Waals surface area (Å²) in [7, 11) is 2.17. The van der Waals surface area contributed by atoms with Gasteiger partial charge in [-0.3, -0.25) is 0 Å². The van der Waals surface area contributed by atoms with Crippen LogP contribution in [0.3, 0.4) is 0 Å². The number of anilines is 1. The highest BCUT2D eigenvalue weighted by Crippen LogP contribution is 2.26. The molecule has 6 heteroatoms. The molecule has 0 aliphatic carbocycles. The summed E-state index contributed by atoms with van der Waals surface area (Å²) < 4.78 is 2.03. The molecule has 116 valence electrons. The molecule has 21 heavy (non-hydrogen) atoms. The second-order valence-corrected chi connectivity index (χ2v) is 7.08. The zero-order valence-electron chi connectivity index (χ0n) is 13.8. The van der Waals surface area contributed by atoms with Crippen LogP contribution in [0.2, 0.25) is 0 Å². The van der Waals surface area contributed by atoms with Crippen molar-refractivity contribution in [2.24, 2.45) is 5.10 Å². The third-order valence-electron chi connectivity index (χ3n) is 4.40. The van der Waals surface area contributed by atoms with Gasteiger partial charge in [-0.2, -0.15) is 9.78 Å². The van der Waals surface area contributed by atoms with Gasteiger partial charge in [-0.1, -0.05) is 0 Å². The molecule has 1 aromatic heterocycles. The van der Waals surface area contributed by atoms with Crippen molar-refractivity contribution in [2.75, 3.05) is 38.1 Å². The van der Waals surface area contributed by atoms with Crippen LogP contribution < -0.4 is 4.90 Å². The molecule has 0 saturated carbocycles. The summed E-state index contributed by atoms with van der Waals surface area (Å²) in [6, 6.07) is 0. The van der Waals surface area contributed by atoms with Gasteiger partial charge in [0.1, 0.15) is 6.34 Å². The molecular formula is C15H26N6. The second kappa shape index (κ2) is 5.02. The number of fused-ring (bicyclic) bond motifs is 1. The predicted octanol–water partition coefficient (Wildman–Crippen LogP) is 1.35. The van der Waals surface area contributed by atoms with E-state index in [0.717, 1.165) is 44.4 Å². The van der Waals surface area contributed by atoms with E-state index in [-0.39, 0.29) is 5.54 Å². The Morgan fingerprint density at radius 3 is 2.38 bits per heavy atom. The van der Waals surface area contributed by atoms with Crippen molar-refractivity contribution in [2.45, 2.75) is 39.8 Å². The minimum absolute atomic E-state index is 0.0828. The van der Waals surface area contributed by atoms with Crippen LogP contribution in [-0.2, 0) is 6.54 Å². The van der Waals surface area contributed by atoms with E-state index in [2.05, 4.69) is 54.5 Å². The maximum absolute atomic E-state index is 4.79. The normalized spacial score (nSPS) is 20.0. The Morgan fingerprint density at radius 2 is 1.76 bits per heavy atom. The van der Waals surface area contributed by atoms with Gasteiger partial charge in [-0.05, 0) is 34.7 Å². The third kappa shape index (κ3) is 2.64. The fourth-order valence-electron chi connectivity index (χ4n) is 2.78. The van der Waals surface area contributed by atoms with Gasteiger partial charge < -0.3 is 14.7 Å². The van der Waals surface area contributed by atoms with Crippen LogP contribution in [0.4, 0.5) is 5.95 Å². The first-order valence-electron chi connectivity index (χ1n) is 7.69. The molecule has 0 atom stereocenters. The Balaban J connectivity index is 1.88. The molecule has 0 unspecified atom stereocenters. The topological polar surface area (TPSA) is 39.9 Å². The number of aryl methyl sites for hydroxylation is 1. The Hall–Kier alpha value is -1.56. The molecule has 3 heterocycles. The maximum Gasteiger partial charge on any atom is 0.227 e. The summed E-state index contributed by atoms with van der Waals surface area (Å²) in [6.45, 7) is 13.8. The Bertz CT molecular complexity index is 545. The van der Waals surface area contributed by atoms with E-state index in [0.29, 0.717) is 0 Å². The van der Waals surface area contributed by atoms with Crippen LogP contribution in [0.5, 0.6) is 0 Å². The van der Waals surface area contributed by atoms with Crippen molar-refractivity contribution in [1.29, 1.82) is 0 Å². The molecule has 0 N–H and O–H groups in total. The first-order chi connectivity index (χ1) is 9.86. The van der Waals surface area contributed by atoms with E-state index in [4.69, 9.17) is 4.98 Å². The minimum atomic E-state index is 0.0828. The molecule has 1 saturated heterocycles. The third-order valence-corrected chi connectivity index (χ3v) is 4.40. The SMILES string of the molecule is Cc1nc(N2CCN(C)CC2)n2c1CN(C(C)(C)C)C=N2. The van der Waals surface area contributed by atoms with E-state index in [1.807, 2.05) is 11.0 Å². The molecular weight excluding hydrogens is 264 g/mol. The van der Waals surface area contributed by atoms with Crippen LogP contribution in [0.25, 0.3) is 0 Å². The molecule has 1 aromatic rings. The number of piperazine rings is 1. The van der Waals surface area contributed by atoms with Gasteiger partial charge in [0.15, 0.2) is 0 Å². The molecule has 0 radical (unpaired) electrons. The van der Waals surface area contributed by atoms with Crippen molar-refractivity contribution in [3.63, 3.8) is 0 Å². The Kier molecular flexibility index (Phi) is 3.43. The monoisotopic (exact) mass is 290 g/mol. The zero-order valence-corrected chi connectivity index (χ0v) is 13.8. The highest BCUT2D eigenvalue weighted by Gasteiger charge is 2.28. The van der Waals surface area contributed by atoms with Gasteiger partial charge in [0.25, 0.3) is 0 Å². The van der Waals surface area contributed by atoms with Gasteiger partial charge in [-0.25, -0.2) is 4.98 Å². The molecule has 0 amide bonds. The van der Waals surface area contributed by atoms with Gasteiger partial charge in [0.2, 0.25) is 5.95 Å². The number of imidazole rings is 1. The van der Waals surface area contributed by atoms with Crippen molar-refractivity contribution < 1.29 is 0 Å². The lowest BCUT2D eigenvalue weighted by atomic mass is 10.1. The second-order valence-electron chi connectivity index (χ2n) is 7.08. The van der Waals surface area contributed by atoms with E-state index >= 15 is 0 Å². The van der Waals surface area contributed by atoms with Gasteiger partial charge in [0.05, 0.1) is 17.9 Å². The Labute approximate surface area is 127 Å². The summed E-state index contributed by atoms with van der Waals surface area (Å²) >= 11 is 0. The number of rotatable bonds is 1. The lowest BCUT2D eigenvalue weighted by Gasteiger charge is -2.37. The highest BCUT2D eigenvalue weighted by molar-refractivity contribution is 5.59. The average Bonchev–Trinajstić information content (AvgIpc) is 2.76. The molecule has 0 spiro atoms.